The molecule has 0 spiro atoms. The summed E-state index contributed by atoms with van der Waals surface area (Å²) in [6, 6.07) is 2.02. The van der Waals surface area contributed by atoms with Crippen LogP contribution in [0, 0.1) is 27.7 Å². The first-order valence-electron chi connectivity index (χ1n) is 5.17. The number of rotatable bonds is 3. The fraction of sp³-hybridized carbons (Fsp3) is 0.385. The normalized spacial score (nSPS) is 10.2. The Bertz CT molecular complexity index is 432. The van der Waals surface area contributed by atoms with Crippen LogP contribution in [0.1, 0.15) is 39.0 Å². The lowest BCUT2D eigenvalue weighted by Crippen LogP contribution is -2.12. The van der Waals surface area contributed by atoms with Crippen LogP contribution in [0.25, 0.3) is 0 Å². The SMILES string of the molecule is Cc1cc(C)c(C)c(C(=O)CC(=O)O)c1C. The van der Waals surface area contributed by atoms with Crippen LogP contribution in [0.2, 0.25) is 0 Å². The summed E-state index contributed by atoms with van der Waals surface area (Å²) in [7, 11) is 0. The molecule has 0 atom stereocenters. The molecular weight excluding hydrogens is 204 g/mol. The first-order chi connectivity index (χ1) is 7.34. The van der Waals surface area contributed by atoms with Crippen molar-refractivity contribution in [2.75, 3.05) is 0 Å². The Morgan fingerprint density at radius 3 is 1.88 bits per heavy atom. The molecule has 0 unspecified atom stereocenters. The van der Waals surface area contributed by atoms with Crippen molar-refractivity contribution in [2.24, 2.45) is 0 Å². The molecular formula is C13H16O3. The molecule has 0 saturated heterocycles. The number of aliphatic carboxylic acids is 1. The van der Waals surface area contributed by atoms with Crippen molar-refractivity contribution in [3.8, 4) is 0 Å². The highest BCUT2D eigenvalue weighted by Gasteiger charge is 2.17. The minimum absolute atomic E-state index is 0.311. The third-order valence-corrected chi connectivity index (χ3v) is 2.96. The van der Waals surface area contributed by atoms with E-state index in [0.717, 1.165) is 22.3 Å². The molecule has 0 amide bonds. The molecule has 1 N–H and O–H groups in total. The van der Waals surface area contributed by atoms with Crippen LogP contribution >= 0.6 is 0 Å². The highest BCUT2D eigenvalue weighted by Crippen LogP contribution is 2.22. The predicted octanol–water partition coefficient (Wildman–Crippen LogP) is 2.58. The van der Waals surface area contributed by atoms with Gasteiger partial charge in [0.15, 0.2) is 5.78 Å². The van der Waals surface area contributed by atoms with Crippen LogP contribution in [0.3, 0.4) is 0 Å². The fourth-order valence-electron chi connectivity index (χ4n) is 1.86. The van der Waals surface area contributed by atoms with E-state index in [4.69, 9.17) is 5.11 Å². The van der Waals surface area contributed by atoms with Crippen LogP contribution < -0.4 is 0 Å². The predicted molar refractivity (Wildman–Crippen MR) is 62.0 cm³/mol. The zero-order chi connectivity index (χ0) is 12.5. The Kier molecular flexibility index (Phi) is 3.48. The smallest absolute Gasteiger partial charge is 0.311 e. The second-order valence-corrected chi connectivity index (χ2v) is 4.13. The minimum atomic E-state index is -1.08. The number of hydrogen-bond acceptors (Lipinski definition) is 2. The summed E-state index contributed by atoms with van der Waals surface area (Å²) >= 11 is 0. The van der Waals surface area contributed by atoms with Gasteiger partial charge in [-0.2, -0.15) is 0 Å². The number of carbonyl (C=O) groups excluding carboxylic acids is 1. The Balaban J connectivity index is 3.32. The van der Waals surface area contributed by atoms with Crippen LogP contribution in [0.5, 0.6) is 0 Å². The van der Waals surface area contributed by atoms with Gasteiger partial charge >= 0.3 is 5.97 Å². The fourth-order valence-corrected chi connectivity index (χ4v) is 1.86. The second-order valence-electron chi connectivity index (χ2n) is 4.13. The van der Waals surface area contributed by atoms with Crippen LogP contribution in [0.15, 0.2) is 6.07 Å². The summed E-state index contributed by atoms with van der Waals surface area (Å²) in [6.45, 7) is 7.58. The molecule has 0 aliphatic heterocycles. The summed E-state index contributed by atoms with van der Waals surface area (Å²) in [5.41, 5.74) is 4.39. The standard InChI is InChI=1S/C13H16O3/c1-7-5-8(2)10(4)13(9(7)3)11(14)6-12(15)16/h5H,6H2,1-4H3,(H,15,16). The summed E-state index contributed by atoms with van der Waals surface area (Å²) in [6.07, 6.45) is -0.440. The van der Waals surface area contributed by atoms with E-state index in [1.54, 1.807) is 0 Å². The molecule has 0 aliphatic carbocycles. The Hall–Kier alpha value is -1.64. The van der Waals surface area contributed by atoms with Crippen molar-refractivity contribution in [3.05, 3.63) is 33.9 Å². The van der Waals surface area contributed by atoms with Crippen molar-refractivity contribution in [1.29, 1.82) is 0 Å². The van der Waals surface area contributed by atoms with Crippen molar-refractivity contribution in [1.82, 2.24) is 0 Å². The van der Waals surface area contributed by atoms with Gasteiger partial charge in [0.05, 0.1) is 0 Å². The summed E-state index contributed by atoms with van der Waals surface area (Å²) in [5, 5.41) is 8.64. The maximum absolute atomic E-state index is 11.8. The van der Waals surface area contributed by atoms with Gasteiger partial charge in [-0.15, -0.1) is 0 Å². The van der Waals surface area contributed by atoms with Crippen molar-refractivity contribution in [2.45, 2.75) is 34.1 Å². The first-order valence-corrected chi connectivity index (χ1v) is 5.17. The topological polar surface area (TPSA) is 54.4 Å². The van der Waals surface area contributed by atoms with E-state index in [9.17, 15) is 9.59 Å². The number of carboxylic acid groups (broad SMARTS) is 1. The number of benzene rings is 1. The van der Waals surface area contributed by atoms with E-state index in [-0.39, 0.29) is 5.78 Å². The Morgan fingerprint density at radius 2 is 1.50 bits per heavy atom. The molecule has 0 aromatic heterocycles. The molecule has 0 aliphatic rings. The van der Waals surface area contributed by atoms with Crippen LogP contribution in [-0.4, -0.2) is 16.9 Å². The number of carbonyl (C=O) groups is 2. The van der Waals surface area contributed by atoms with E-state index in [2.05, 4.69) is 0 Å². The maximum atomic E-state index is 11.8. The molecule has 16 heavy (non-hydrogen) atoms. The minimum Gasteiger partial charge on any atom is -0.481 e. The van der Waals surface area contributed by atoms with Crippen molar-refractivity contribution < 1.29 is 14.7 Å². The second kappa shape index (κ2) is 4.47. The highest BCUT2D eigenvalue weighted by molar-refractivity contribution is 6.07. The molecule has 1 aromatic carbocycles. The van der Waals surface area contributed by atoms with Gasteiger partial charge in [0.1, 0.15) is 6.42 Å². The van der Waals surface area contributed by atoms with Gasteiger partial charge in [-0.1, -0.05) is 6.07 Å². The molecule has 0 saturated carbocycles. The van der Waals surface area contributed by atoms with Gasteiger partial charge in [0.2, 0.25) is 0 Å². The number of carboxylic acids is 1. The number of aryl methyl sites for hydroxylation is 2. The molecule has 0 bridgehead atoms. The highest BCUT2D eigenvalue weighted by atomic mass is 16.4. The monoisotopic (exact) mass is 220 g/mol. The van der Waals surface area contributed by atoms with Gasteiger partial charge < -0.3 is 5.11 Å². The molecule has 0 heterocycles. The lowest BCUT2D eigenvalue weighted by molar-refractivity contribution is -0.135. The maximum Gasteiger partial charge on any atom is 0.311 e. The molecule has 0 fully saturated rings. The van der Waals surface area contributed by atoms with E-state index in [1.807, 2.05) is 33.8 Å². The molecule has 1 rings (SSSR count). The van der Waals surface area contributed by atoms with Gasteiger partial charge in [-0.05, 0) is 49.9 Å². The van der Waals surface area contributed by atoms with Gasteiger partial charge in [0, 0.05) is 5.56 Å². The third kappa shape index (κ3) is 2.30. The zero-order valence-electron chi connectivity index (χ0n) is 10.0. The van der Waals surface area contributed by atoms with Gasteiger partial charge in [-0.3, -0.25) is 9.59 Å². The van der Waals surface area contributed by atoms with E-state index >= 15 is 0 Å². The average molecular weight is 220 g/mol. The molecule has 1 aromatic rings. The summed E-state index contributed by atoms with van der Waals surface area (Å²) in [5.74, 6) is -1.39. The van der Waals surface area contributed by atoms with Crippen molar-refractivity contribution >= 4 is 11.8 Å². The van der Waals surface area contributed by atoms with Gasteiger partial charge in [0.25, 0.3) is 0 Å². The first kappa shape index (κ1) is 12.4. The Morgan fingerprint density at radius 1 is 1.06 bits per heavy atom. The van der Waals surface area contributed by atoms with E-state index in [0.29, 0.717) is 5.56 Å². The third-order valence-electron chi connectivity index (χ3n) is 2.96. The molecule has 3 heteroatoms. The quantitative estimate of drug-likeness (QED) is 0.629. The lowest BCUT2D eigenvalue weighted by atomic mass is 9.91. The van der Waals surface area contributed by atoms with Crippen molar-refractivity contribution in [3.63, 3.8) is 0 Å². The zero-order valence-corrected chi connectivity index (χ0v) is 10.0. The Labute approximate surface area is 95.1 Å². The summed E-state index contributed by atoms with van der Waals surface area (Å²) in [4.78, 5) is 22.4. The number of hydrogen-bond donors (Lipinski definition) is 1. The van der Waals surface area contributed by atoms with Crippen LogP contribution in [-0.2, 0) is 4.79 Å². The molecule has 0 radical (unpaired) electrons. The largest absolute Gasteiger partial charge is 0.481 e. The van der Waals surface area contributed by atoms with Gasteiger partial charge in [-0.25, -0.2) is 0 Å². The molecule has 86 valence electrons. The van der Waals surface area contributed by atoms with E-state index < -0.39 is 12.4 Å². The summed E-state index contributed by atoms with van der Waals surface area (Å²) < 4.78 is 0. The lowest BCUT2D eigenvalue weighted by Gasteiger charge is -2.13. The van der Waals surface area contributed by atoms with E-state index in [1.165, 1.54) is 0 Å². The number of ketones is 1. The molecule has 3 nitrogen and oxygen atoms in total. The average Bonchev–Trinajstić information content (AvgIpc) is 2.14. The number of Topliss-reactive ketones (excluding diaryl/α,β-unsaturated/α-hetero) is 1. The van der Waals surface area contributed by atoms with Crippen LogP contribution in [0.4, 0.5) is 0 Å².